The van der Waals surface area contributed by atoms with Gasteiger partial charge in [-0.3, -0.25) is 9.48 Å². The highest BCUT2D eigenvalue weighted by Crippen LogP contribution is 2.23. The second kappa shape index (κ2) is 5.94. The molecule has 2 heterocycles. The molecule has 0 saturated carbocycles. The third-order valence-corrected chi connectivity index (χ3v) is 3.70. The van der Waals surface area contributed by atoms with Gasteiger partial charge in [-0.2, -0.15) is 5.10 Å². The number of hydrogen-bond acceptors (Lipinski definition) is 4. The third-order valence-electron chi connectivity index (χ3n) is 3.70. The molecule has 0 bridgehead atoms. The molecule has 0 saturated heterocycles. The van der Waals surface area contributed by atoms with Gasteiger partial charge in [-0.25, -0.2) is 0 Å². The van der Waals surface area contributed by atoms with Crippen LogP contribution in [0.5, 0.6) is 0 Å². The Hall–Kier alpha value is -2.11. The van der Waals surface area contributed by atoms with E-state index in [1.165, 1.54) is 0 Å². The van der Waals surface area contributed by atoms with Crippen LogP contribution >= 0.6 is 0 Å². The quantitative estimate of drug-likeness (QED) is 0.942. The Balaban J connectivity index is 1.99. The lowest BCUT2D eigenvalue weighted by Crippen LogP contribution is -2.15. The number of hydrogen-bond donors (Lipinski definition) is 1. The summed E-state index contributed by atoms with van der Waals surface area (Å²) in [6.07, 6.45) is 1.01. The van der Waals surface area contributed by atoms with Gasteiger partial charge in [0.15, 0.2) is 0 Å². The lowest BCUT2D eigenvalue weighted by molar-refractivity contribution is -0.116. The first-order valence-electron chi connectivity index (χ1n) is 7.44. The molecule has 2 aromatic heterocycles. The van der Waals surface area contributed by atoms with Crippen LogP contribution in [0.25, 0.3) is 0 Å². The summed E-state index contributed by atoms with van der Waals surface area (Å²) in [6, 6.07) is 1.92. The van der Waals surface area contributed by atoms with Gasteiger partial charge >= 0.3 is 0 Å². The largest absolute Gasteiger partial charge is 0.361 e. The Morgan fingerprint density at radius 3 is 2.55 bits per heavy atom. The summed E-state index contributed by atoms with van der Waals surface area (Å²) in [7, 11) is 1.83. The number of rotatable bonds is 4. The summed E-state index contributed by atoms with van der Waals surface area (Å²) in [5.74, 6) is 1.46. The summed E-state index contributed by atoms with van der Waals surface area (Å²) in [5.41, 5.74) is 2.77. The molecule has 0 aromatic carbocycles. The topological polar surface area (TPSA) is 73.0 Å². The molecule has 0 spiro atoms. The van der Waals surface area contributed by atoms with Crippen LogP contribution in [0.2, 0.25) is 0 Å². The number of nitrogens with zero attached hydrogens (tertiary/aromatic N) is 3. The minimum absolute atomic E-state index is 0.0385. The third kappa shape index (κ3) is 3.55. The van der Waals surface area contributed by atoms with Gasteiger partial charge < -0.3 is 9.84 Å². The Kier molecular flexibility index (Phi) is 4.39. The predicted molar refractivity (Wildman–Crippen MR) is 84.8 cm³/mol. The smallest absolute Gasteiger partial charge is 0.225 e. The minimum Gasteiger partial charge on any atom is -0.361 e. The fourth-order valence-corrected chi connectivity index (χ4v) is 2.25. The van der Waals surface area contributed by atoms with Gasteiger partial charge in [0.1, 0.15) is 11.6 Å². The lowest BCUT2D eigenvalue weighted by Gasteiger charge is -2.13. The van der Waals surface area contributed by atoms with Crippen LogP contribution in [0.3, 0.4) is 0 Å². The van der Waals surface area contributed by atoms with E-state index >= 15 is 0 Å². The van der Waals surface area contributed by atoms with Crippen molar-refractivity contribution in [1.82, 2.24) is 14.9 Å². The molecule has 0 atom stereocenters. The highest BCUT2D eigenvalue weighted by molar-refractivity contribution is 5.90. The van der Waals surface area contributed by atoms with Crippen molar-refractivity contribution in [2.45, 2.75) is 52.9 Å². The first kappa shape index (κ1) is 16.3. The molecule has 1 amide bonds. The van der Waals surface area contributed by atoms with Crippen molar-refractivity contribution in [1.29, 1.82) is 0 Å². The van der Waals surface area contributed by atoms with E-state index in [4.69, 9.17) is 4.52 Å². The molecule has 22 heavy (non-hydrogen) atoms. The van der Waals surface area contributed by atoms with Crippen molar-refractivity contribution in [3.63, 3.8) is 0 Å². The second-order valence-corrected chi connectivity index (χ2v) is 6.64. The molecule has 0 fully saturated rings. The zero-order valence-electron chi connectivity index (χ0n) is 14.1. The molecule has 6 nitrogen and oxygen atoms in total. The number of carbonyl (C=O) groups is 1. The molecule has 2 rings (SSSR count). The van der Waals surface area contributed by atoms with Gasteiger partial charge in [0.25, 0.3) is 0 Å². The first-order chi connectivity index (χ1) is 10.2. The number of anilines is 1. The molecular weight excluding hydrogens is 280 g/mol. The van der Waals surface area contributed by atoms with Crippen molar-refractivity contribution in [2.24, 2.45) is 7.05 Å². The second-order valence-electron chi connectivity index (χ2n) is 6.64. The average molecular weight is 304 g/mol. The molecule has 0 unspecified atom stereocenters. The number of amides is 1. The van der Waals surface area contributed by atoms with E-state index in [0.717, 1.165) is 22.7 Å². The molecule has 6 heteroatoms. The summed E-state index contributed by atoms with van der Waals surface area (Å²) >= 11 is 0. The van der Waals surface area contributed by atoms with Crippen LogP contribution in [-0.4, -0.2) is 20.8 Å². The Bertz CT molecular complexity index is 657. The summed E-state index contributed by atoms with van der Waals surface area (Å²) in [6.45, 7) is 10.0. The number of aryl methyl sites for hydroxylation is 3. The average Bonchev–Trinajstić information content (AvgIpc) is 2.92. The number of aromatic nitrogens is 3. The van der Waals surface area contributed by atoms with E-state index in [2.05, 4.69) is 36.3 Å². The van der Waals surface area contributed by atoms with Crippen molar-refractivity contribution in [3.05, 3.63) is 28.8 Å². The maximum atomic E-state index is 12.1. The van der Waals surface area contributed by atoms with Gasteiger partial charge in [-0.15, -0.1) is 0 Å². The number of nitrogens with one attached hydrogen (secondary N) is 1. The van der Waals surface area contributed by atoms with E-state index in [1.807, 2.05) is 27.0 Å². The molecule has 0 aliphatic rings. The van der Waals surface area contributed by atoms with Gasteiger partial charge in [0.2, 0.25) is 5.91 Å². The van der Waals surface area contributed by atoms with E-state index in [-0.39, 0.29) is 11.3 Å². The van der Waals surface area contributed by atoms with Gasteiger partial charge in [0.05, 0.1) is 11.4 Å². The van der Waals surface area contributed by atoms with Gasteiger partial charge in [0, 0.05) is 30.5 Å². The highest BCUT2D eigenvalue weighted by atomic mass is 16.5. The van der Waals surface area contributed by atoms with Crippen LogP contribution < -0.4 is 5.32 Å². The van der Waals surface area contributed by atoms with E-state index in [0.29, 0.717) is 18.7 Å². The fourth-order valence-electron chi connectivity index (χ4n) is 2.25. The van der Waals surface area contributed by atoms with E-state index in [1.54, 1.807) is 4.68 Å². The molecule has 2 aromatic rings. The zero-order chi connectivity index (χ0) is 16.5. The first-order valence-corrected chi connectivity index (χ1v) is 7.44. The SMILES string of the molecule is Cc1noc(C)c1CCC(=O)Nc1cc(C(C)(C)C)nn1C. The van der Waals surface area contributed by atoms with Crippen LogP contribution in [0.4, 0.5) is 5.82 Å². The maximum Gasteiger partial charge on any atom is 0.225 e. The minimum atomic E-state index is -0.0442. The Labute approximate surface area is 130 Å². The Morgan fingerprint density at radius 2 is 2.05 bits per heavy atom. The van der Waals surface area contributed by atoms with Crippen molar-refractivity contribution < 1.29 is 9.32 Å². The van der Waals surface area contributed by atoms with Crippen molar-refractivity contribution in [2.75, 3.05) is 5.32 Å². The van der Waals surface area contributed by atoms with Crippen molar-refractivity contribution >= 4 is 11.7 Å². The van der Waals surface area contributed by atoms with Gasteiger partial charge in [-0.1, -0.05) is 25.9 Å². The van der Waals surface area contributed by atoms with Gasteiger partial charge in [-0.05, 0) is 20.3 Å². The fraction of sp³-hybridized carbons (Fsp3) is 0.562. The standard InChI is InChI=1S/C16H24N4O2/c1-10-12(11(2)22-19-10)7-8-15(21)17-14-9-13(16(3,4)5)18-20(14)6/h9H,7-8H2,1-6H3,(H,17,21). The van der Waals surface area contributed by atoms with Crippen LogP contribution in [-0.2, 0) is 23.7 Å². The molecule has 120 valence electrons. The molecule has 1 N–H and O–H groups in total. The molecular formula is C16H24N4O2. The van der Waals surface area contributed by atoms with Crippen LogP contribution in [0.1, 0.15) is 49.9 Å². The molecule has 0 radical (unpaired) electrons. The lowest BCUT2D eigenvalue weighted by atomic mass is 9.92. The normalized spacial score (nSPS) is 11.7. The maximum absolute atomic E-state index is 12.1. The van der Waals surface area contributed by atoms with Crippen molar-refractivity contribution in [3.8, 4) is 0 Å². The monoisotopic (exact) mass is 304 g/mol. The van der Waals surface area contributed by atoms with Crippen LogP contribution in [0, 0.1) is 13.8 Å². The summed E-state index contributed by atoms with van der Waals surface area (Å²) in [5, 5.41) is 11.3. The van der Waals surface area contributed by atoms with Crippen LogP contribution in [0.15, 0.2) is 10.6 Å². The Morgan fingerprint density at radius 1 is 1.36 bits per heavy atom. The van der Waals surface area contributed by atoms with E-state index in [9.17, 15) is 4.79 Å². The zero-order valence-corrected chi connectivity index (χ0v) is 14.1. The summed E-state index contributed by atoms with van der Waals surface area (Å²) in [4.78, 5) is 12.1. The highest BCUT2D eigenvalue weighted by Gasteiger charge is 2.20. The molecule has 0 aliphatic carbocycles. The number of carbonyl (C=O) groups excluding carboxylic acids is 1. The summed E-state index contributed by atoms with van der Waals surface area (Å²) < 4.78 is 6.81. The molecule has 0 aliphatic heterocycles. The van der Waals surface area contributed by atoms with E-state index < -0.39 is 0 Å². The predicted octanol–water partition coefficient (Wildman–Crippen LogP) is 2.89.